The lowest BCUT2D eigenvalue weighted by Crippen LogP contribution is -2.48. The summed E-state index contributed by atoms with van der Waals surface area (Å²) in [5.41, 5.74) is 2.55. The van der Waals surface area contributed by atoms with E-state index in [1.165, 1.54) is 23.8 Å². The molecular weight excluding hydrogens is 580 g/mol. The smallest absolute Gasteiger partial charge is 0.251 e. The van der Waals surface area contributed by atoms with Crippen LogP contribution in [0.2, 0.25) is 0 Å². The van der Waals surface area contributed by atoms with Gasteiger partial charge in [-0.15, -0.1) is 0 Å². The first-order valence-corrected chi connectivity index (χ1v) is 14.0. The number of halogens is 3. The molecular formula is C31H36BrF2N3O3. The first-order chi connectivity index (χ1) is 18.8. The van der Waals surface area contributed by atoms with Crippen LogP contribution < -0.4 is 16.0 Å². The van der Waals surface area contributed by atoms with Crippen molar-refractivity contribution in [1.29, 1.82) is 0 Å². The van der Waals surface area contributed by atoms with Gasteiger partial charge in [-0.05, 0) is 80.6 Å². The van der Waals surface area contributed by atoms with E-state index < -0.39 is 35.2 Å². The van der Waals surface area contributed by atoms with Gasteiger partial charge in [0.15, 0.2) is 0 Å². The molecule has 0 aromatic heterocycles. The molecule has 0 unspecified atom stereocenters. The van der Waals surface area contributed by atoms with Gasteiger partial charge in [-0.2, -0.15) is 0 Å². The molecule has 0 radical (unpaired) electrons. The van der Waals surface area contributed by atoms with Gasteiger partial charge in [-0.3, -0.25) is 9.59 Å². The maximum absolute atomic E-state index is 13.9. The van der Waals surface area contributed by atoms with Crippen LogP contribution in [0.5, 0.6) is 0 Å². The number of hydrogen-bond donors (Lipinski definition) is 4. The van der Waals surface area contributed by atoms with Crippen LogP contribution in [0.25, 0.3) is 0 Å². The Hall–Kier alpha value is -3.14. The molecule has 40 heavy (non-hydrogen) atoms. The molecule has 2 amide bonds. The fourth-order valence-corrected chi connectivity index (χ4v) is 4.74. The minimum absolute atomic E-state index is 0.0139. The number of nitrogens with one attached hydrogen (secondary N) is 3. The second kappa shape index (κ2) is 14.0. The number of hydrogen-bond acceptors (Lipinski definition) is 4. The summed E-state index contributed by atoms with van der Waals surface area (Å²) in [5.74, 6) is -2.37. The van der Waals surface area contributed by atoms with E-state index in [2.05, 4.69) is 44.9 Å². The summed E-state index contributed by atoms with van der Waals surface area (Å²) in [7, 11) is 0. The minimum atomic E-state index is -1.08. The number of aryl methyl sites for hydroxylation is 1. The average molecular weight is 617 g/mol. The zero-order valence-electron chi connectivity index (χ0n) is 23.2. The molecule has 0 fully saturated rings. The molecule has 4 N–H and O–H groups in total. The van der Waals surface area contributed by atoms with Crippen molar-refractivity contribution in [3.8, 4) is 0 Å². The molecule has 0 bridgehead atoms. The second-order valence-corrected chi connectivity index (χ2v) is 11.8. The van der Waals surface area contributed by atoms with Crippen LogP contribution in [0, 0.1) is 11.6 Å². The third-order valence-corrected chi connectivity index (χ3v) is 6.61. The highest BCUT2D eigenvalue weighted by atomic mass is 79.9. The van der Waals surface area contributed by atoms with Crippen LogP contribution in [-0.2, 0) is 19.4 Å². The lowest BCUT2D eigenvalue weighted by molar-refractivity contribution is 0.0829. The van der Waals surface area contributed by atoms with Crippen molar-refractivity contribution in [3.05, 3.63) is 105 Å². The molecule has 214 valence electrons. The van der Waals surface area contributed by atoms with Gasteiger partial charge in [-0.25, -0.2) is 8.78 Å². The van der Waals surface area contributed by atoms with Crippen LogP contribution in [0.3, 0.4) is 0 Å². The summed E-state index contributed by atoms with van der Waals surface area (Å²) in [4.78, 5) is 26.0. The number of rotatable bonds is 11. The van der Waals surface area contributed by atoms with Crippen LogP contribution in [0.15, 0.2) is 65.1 Å². The van der Waals surface area contributed by atoms with Crippen molar-refractivity contribution < 1.29 is 23.5 Å². The Labute approximate surface area is 242 Å². The number of amides is 2. The molecule has 0 heterocycles. The molecule has 0 saturated carbocycles. The van der Waals surface area contributed by atoms with Gasteiger partial charge in [0.1, 0.15) is 11.6 Å². The van der Waals surface area contributed by atoms with E-state index in [-0.39, 0.29) is 35.6 Å². The highest BCUT2D eigenvalue weighted by Crippen LogP contribution is 2.18. The van der Waals surface area contributed by atoms with Gasteiger partial charge in [0.25, 0.3) is 11.8 Å². The van der Waals surface area contributed by atoms with E-state index in [1.54, 1.807) is 12.1 Å². The van der Waals surface area contributed by atoms with Crippen molar-refractivity contribution in [2.75, 3.05) is 6.54 Å². The molecule has 0 aliphatic carbocycles. The van der Waals surface area contributed by atoms with Gasteiger partial charge in [0, 0.05) is 40.3 Å². The Morgan fingerprint density at radius 3 is 2.15 bits per heavy atom. The summed E-state index contributed by atoms with van der Waals surface area (Å²) in [5, 5.41) is 19.9. The average Bonchev–Trinajstić information content (AvgIpc) is 2.86. The fraction of sp³-hybridized carbons (Fsp3) is 0.355. The third-order valence-electron chi connectivity index (χ3n) is 6.15. The molecule has 0 aliphatic heterocycles. The Balaban J connectivity index is 1.79. The van der Waals surface area contributed by atoms with E-state index in [0.29, 0.717) is 11.0 Å². The normalized spacial score (nSPS) is 13.0. The Morgan fingerprint density at radius 1 is 0.900 bits per heavy atom. The zero-order chi connectivity index (χ0) is 29.4. The molecule has 0 spiro atoms. The second-order valence-electron chi connectivity index (χ2n) is 10.9. The van der Waals surface area contributed by atoms with E-state index in [4.69, 9.17) is 0 Å². The van der Waals surface area contributed by atoms with E-state index in [0.717, 1.165) is 18.1 Å². The maximum atomic E-state index is 13.9. The van der Waals surface area contributed by atoms with Crippen LogP contribution in [-0.4, -0.2) is 41.2 Å². The number of carbonyl (C=O) groups excluding carboxylic acids is 2. The van der Waals surface area contributed by atoms with Crippen molar-refractivity contribution in [2.45, 2.75) is 64.8 Å². The Bertz CT molecular complexity index is 1320. The molecule has 9 heteroatoms. The third kappa shape index (κ3) is 9.80. The lowest BCUT2D eigenvalue weighted by atomic mass is 9.99. The van der Waals surface area contributed by atoms with Gasteiger partial charge in [-0.1, -0.05) is 47.1 Å². The highest BCUT2D eigenvalue weighted by molar-refractivity contribution is 9.10. The molecule has 6 nitrogen and oxygen atoms in total. The monoisotopic (exact) mass is 615 g/mol. The minimum Gasteiger partial charge on any atom is -0.390 e. The lowest BCUT2D eigenvalue weighted by Gasteiger charge is -2.25. The van der Waals surface area contributed by atoms with Crippen molar-refractivity contribution >= 4 is 27.7 Å². The topological polar surface area (TPSA) is 90.5 Å². The summed E-state index contributed by atoms with van der Waals surface area (Å²) in [6.45, 7) is 8.25. The number of benzene rings is 3. The fourth-order valence-electron chi connectivity index (χ4n) is 4.25. The van der Waals surface area contributed by atoms with Crippen molar-refractivity contribution in [1.82, 2.24) is 16.0 Å². The van der Waals surface area contributed by atoms with Crippen LogP contribution in [0.4, 0.5) is 8.78 Å². The van der Waals surface area contributed by atoms with Gasteiger partial charge in [0.2, 0.25) is 0 Å². The van der Waals surface area contributed by atoms with Gasteiger partial charge in [0.05, 0.1) is 12.1 Å². The molecule has 0 saturated heterocycles. The molecule has 3 aromatic rings. The van der Waals surface area contributed by atoms with Gasteiger partial charge < -0.3 is 21.1 Å². The number of carbonyl (C=O) groups is 2. The van der Waals surface area contributed by atoms with E-state index >= 15 is 0 Å². The summed E-state index contributed by atoms with van der Waals surface area (Å²) < 4.78 is 28.3. The van der Waals surface area contributed by atoms with Crippen molar-refractivity contribution in [3.63, 3.8) is 0 Å². The first-order valence-electron chi connectivity index (χ1n) is 13.2. The first kappa shape index (κ1) is 31.4. The molecule has 0 aliphatic rings. The number of aliphatic hydroxyl groups is 1. The standard InChI is InChI=1S/C31H36BrF2N3O3/c1-5-19-7-6-8-20(9-19)17-35-18-28(38)27(12-21-10-25(33)16-26(34)11-21)36-29(39)22-13-23(15-24(32)14-22)30(40)37-31(2,3)4/h6-11,13-16,27-28,35,38H,5,12,17-18H2,1-4H3,(H,36,39)(H,37,40)/t27-,28+/m0/s1. The van der Waals surface area contributed by atoms with Crippen molar-refractivity contribution in [2.24, 2.45) is 0 Å². The predicted molar refractivity (Wildman–Crippen MR) is 156 cm³/mol. The summed E-state index contributed by atoms with van der Waals surface area (Å²) in [6, 6.07) is 14.9. The Morgan fingerprint density at radius 2 is 1.52 bits per heavy atom. The summed E-state index contributed by atoms with van der Waals surface area (Å²) >= 11 is 3.36. The van der Waals surface area contributed by atoms with E-state index in [9.17, 15) is 23.5 Å². The predicted octanol–water partition coefficient (Wildman–Crippen LogP) is 5.31. The SMILES string of the molecule is CCc1cccc(CNC[C@@H](O)[C@H](Cc2cc(F)cc(F)c2)NC(=O)c2cc(Br)cc(C(=O)NC(C)(C)C)c2)c1. The molecule has 2 atom stereocenters. The number of aliphatic hydroxyl groups excluding tert-OH is 1. The quantitative estimate of drug-likeness (QED) is 0.235. The maximum Gasteiger partial charge on any atom is 0.251 e. The highest BCUT2D eigenvalue weighted by Gasteiger charge is 2.24. The van der Waals surface area contributed by atoms with Crippen LogP contribution in [0.1, 0.15) is 65.1 Å². The molecule has 3 rings (SSSR count). The van der Waals surface area contributed by atoms with Crippen LogP contribution >= 0.6 is 15.9 Å². The summed E-state index contributed by atoms with van der Waals surface area (Å²) in [6.07, 6.45) is -0.190. The largest absolute Gasteiger partial charge is 0.390 e. The Kier molecular flexibility index (Phi) is 11.0. The van der Waals surface area contributed by atoms with E-state index in [1.807, 2.05) is 39.0 Å². The molecule has 3 aromatic carbocycles. The zero-order valence-corrected chi connectivity index (χ0v) is 24.7. The van der Waals surface area contributed by atoms with Gasteiger partial charge >= 0.3 is 0 Å².